The summed E-state index contributed by atoms with van der Waals surface area (Å²) >= 11 is 0. The zero-order valence-electron chi connectivity index (χ0n) is 21.5. The van der Waals surface area contributed by atoms with Crippen LogP contribution in [0.1, 0.15) is 42.7 Å². The van der Waals surface area contributed by atoms with E-state index in [9.17, 15) is 14.0 Å². The Kier molecular flexibility index (Phi) is 7.01. The summed E-state index contributed by atoms with van der Waals surface area (Å²) in [5.41, 5.74) is 4.61. The van der Waals surface area contributed by atoms with E-state index < -0.39 is 11.7 Å². The van der Waals surface area contributed by atoms with E-state index in [1.54, 1.807) is 20.3 Å². The monoisotopic (exact) mass is 512 g/mol. The number of allylic oxidation sites excluding steroid dienone is 3. The molecule has 0 fully saturated rings. The fourth-order valence-electron chi connectivity index (χ4n) is 5.48. The molecule has 194 valence electrons. The van der Waals surface area contributed by atoms with Crippen LogP contribution >= 0.6 is 0 Å². The Labute approximate surface area is 221 Å². The average Bonchev–Trinajstić information content (AvgIpc) is 2.93. The van der Waals surface area contributed by atoms with Gasteiger partial charge in [0.25, 0.3) is 5.91 Å². The predicted octanol–water partition coefficient (Wildman–Crippen LogP) is 5.84. The van der Waals surface area contributed by atoms with Crippen molar-refractivity contribution >= 4 is 17.4 Å². The van der Waals surface area contributed by atoms with Gasteiger partial charge in [-0.3, -0.25) is 9.59 Å². The summed E-state index contributed by atoms with van der Waals surface area (Å²) in [5, 5.41) is 6.26. The number of benzene rings is 3. The minimum atomic E-state index is -0.680. The first-order valence-electron chi connectivity index (χ1n) is 12.5. The van der Waals surface area contributed by atoms with Crippen LogP contribution in [0.3, 0.4) is 0 Å². The lowest BCUT2D eigenvalue weighted by molar-refractivity contribution is -0.116. The molecule has 0 radical (unpaired) electrons. The molecule has 3 aromatic rings. The Morgan fingerprint density at radius 3 is 2.37 bits per heavy atom. The quantitative estimate of drug-likeness (QED) is 0.434. The molecule has 2 aliphatic rings. The molecule has 38 heavy (non-hydrogen) atoms. The van der Waals surface area contributed by atoms with E-state index in [-0.39, 0.29) is 17.6 Å². The van der Waals surface area contributed by atoms with Gasteiger partial charge in [-0.25, -0.2) is 4.39 Å². The van der Waals surface area contributed by atoms with E-state index >= 15 is 0 Å². The van der Waals surface area contributed by atoms with E-state index in [0.29, 0.717) is 52.4 Å². The number of nitrogens with one attached hydrogen (secondary N) is 2. The third-order valence-corrected chi connectivity index (χ3v) is 7.19. The van der Waals surface area contributed by atoms with Gasteiger partial charge in [0.05, 0.1) is 20.1 Å². The zero-order chi connectivity index (χ0) is 26.8. The molecule has 5 rings (SSSR count). The second-order valence-corrected chi connectivity index (χ2v) is 9.47. The summed E-state index contributed by atoms with van der Waals surface area (Å²) in [4.78, 5) is 27.6. The second-order valence-electron chi connectivity index (χ2n) is 9.47. The highest BCUT2D eigenvalue weighted by Crippen LogP contribution is 2.49. The number of anilines is 1. The number of dihydropyridines is 1. The van der Waals surface area contributed by atoms with Gasteiger partial charge in [0.1, 0.15) is 5.82 Å². The maximum absolute atomic E-state index is 13.9. The number of carbonyl (C=O) groups is 2. The Morgan fingerprint density at radius 2 is 1.68 bits per heavy atom. The van der Waals surface area contributed by atoms with E-state index in [4.69, 9.17) is 9.47 Å². The van der Waals surface area contributed by atoms with Crippen LogP contribution in [0.25, 0.3) is 0 Å². The molecule has 3 aromatic carbocycles. The number of ether oxygens (including phenoxy) is 2. The highest BCUT2D eigenvalue weighted by atomic mass is 19.1. The van der Waals surface area contributed by atoms with E-state index in [1.165, 1.54) is 24.3 Å². The van der Waals surface area contributed by atoms with Crippen LogP contribution in [-0.2, 0) is 9.59 Å². The number of halogens is 1. The van der Waals surface area contributed by atoms with Crippen LogP contribution in [0, 0.1) is 5.82 Å². The lowest BCUT2D eigenvalue weighted by atomic mass is 9.71. The van der Waals surface area contributed by atoms with E-state index in [0.717, 1.165) is 11.3 Å². The second kappa shape index (κ2) is 10.5. The van der Waals surface area contributed by atoms with Crippen molar-refractivity contribution < 1.29 is 23.5 Å². The van der Waals surface area contributed by atoms with E-state index in [2.05, 4.69) is 10.6 Å². The number of para-hydroxylation sites is 1. The van der Waals surface area contributed by atoms with Crippen molar-refractivity contribution in [3.8, 4) is 11.5 Å². The molecule has 6 nitrogen and oxygen atoms in total. The fourth-order valence-corrected chi connectivity index (χ4v) is 5.48. The molecule has 2 N–H and O–H groups in total. The predicted molar refractivity (Wildman–Crippen MR) is 144 cm³/mol. The standard InChI is InChI=1S/C31H29FN2O4/c1-18-27(31(36)34-22-14-12-21(32)13-15-22)28(23-10-7-11-26(37-2)30(23)38-3)29-24(33-18)16-20(17-25(29)35)19-8-5-4-6-9-19/h4-15,20,28,33H,16-17H2,1-3H3,(H,34,36). The van der Waals surface area contributed by atoms with Gasteiger partial charge in [-0.15, -0.1) is 0 Å². The van der Waals surface area contributed by atoms with Crippen molar-refractivity contribution in [1.29, 1.82) is 0 Å². The molecule has 2 unspecified atom stereocenters. The first-order valence-corrected chi connectivity index (χ1v) is 12.5. The minimum absolute atomic E-state index is 0.0259. The molecular weight excluding hydrogens is 483 g/mol. The highest BCUT2D eigenvalue weighted by molar-refractivity contribution is 6.10. The highest BCUT2D eigenvalue weighted by Gasteiger charge is 2.42. The van der Waals surface area contributed by atoms with Crippen molar-refractivity contribution in [2.45, 2.75) is 31.6 Å². The smallest absolute Gasteiger partial charge is 0.254 e. The van der Waals surface area contributed by atoms with Gasteiger partial charge in [0, 0.05) is 40.2 Å². The molecule has 1 heterocycles. The van der Waals surface area contributed by atoms with Crippen LogP contribution in [0.5, 0.6) is 11.5 Å². The van der Waals surface area contributed by atoms with Gasteiger partial charge < -0.3 is 20.1 Å². The third kappa shape index (κ3) is 4.67. The summed E-state index contributed by atoms with van der Waals surface area (Å²) in [6, 6.07) is 21.0. The minimum Gasteiger partial charge on any atom is -0.493 e. The van der Waals surface area contributed by atoms with Gasteiger partial charge in [-0.2, -0.15) is 0 Å². The number of ketones is 1. The number of hydrogen-bond donors (Lipinski definition) is 2. The van der Waals surface area contributed by atoms with Crippen molar-refractivity contribution in [3.63, 3.8) is 0 Å². The Hall–Kier alpha value is -4.39. The lowest BCUT2D eigenvalue weighted by Crippen LogP contribution is -2.37. The number of rotatable bonds is 6. The van der Waals surface area contributed by atoms with Crippen LogP contribution in [0.15, 0.2) is 95.3 Å². The molecule has 0 bridgehead atoms. The van der Waals surface area contributed by atoms with E-state index in [1.807, 2.05) is 49.4 Å². The van der Waals surface area contributed by atoms with Gasteiger partial charge in [-0.05, 0) is 55.2 Å². The van der Waals surface area contributed by atoms with Crippen molar-refractivity contribution in [3.05, 3.63) is 112 Å². The molecule has 1 amide bonds. The molecule has 1 aliphatic heterocycles. The molecule has 1 aliphatic carbocycles. The molecule has 0 saturated heterocycles. The summed E-state index contributed by atoms with van der Waals surface area (Å²) in [5.74, 6) is -0.486. The average molecular weight is 513 g/mol. The molecule has 0 spiro atoms. The maximum Gasteiger partial charge on any atom is 0.254 e. The third-order valence-electron chi connectivity index (χ3n) is 7.19. The van der Waals surface area contributed by atoms with Gasteiger partial charge in [0.15, 0.2) is 17.3 Å². The van der Waals surface area contributed by atoms with Crippen LogP contribution in [0.2, 0.25) is 0 Å². The summed E-state index contributed by atoms with van der Waals surface area (Å²) in [6.45, 7) is 1.83. The van der Waals surface area contributed by atoms with Crippen molar-refractivity contribution in [2.75, 3.05) is 19.5 Å². The zero-order valence-corrected chi connectivity index (χ0v) is 21.5. The molecule has 7 heteroatoms. The summed E-state index contributed by atoms with van der Waals surface area (Å²) < 4.78 is 24.7. The van der Waals surface area contributed by atoms with Crippen molar-refractivity contribution in [1.82, 2.24) is 5.32 Å². The first kappa shape index (κ1) is 25.3. The Morgan fingerprint density at radius 1 is 0.947 bits per heavy atom. The summed E-state index contributed by atoms with van der Waals surface area (Å²) in [6.07, 6.45) is 0.970. The Bertz CT molecular complexity index is 1440. The normalized spacial score (nSPS) is 19.0. The first-order chi connectivity index (χ1) is 18.4. The Balaban J connectivity index is 1.62. The van der Waals surface area contributed by atoms with Gasteiger partial charge >= 0.3 is 0 Å². The van der Waals surface area contributed by atoms with Gasteiger partial charge in [0.2, 0.25) is 0 Å². The van der Waals surface area contributed by atoms with Crippen molar-refractivity contribution in [2.24, 2.45) is 0 Å². The fraction of sp³-hybridized carbons (Fsp3) is 0.226. The molecule has 0 aromatic heterocycles. The number of methoxy groups -OCH3 is 2. The SMILES string of the molecule is COc1cccc(C2C(C(=O)Nc3ccc(F)cc3)=C(C)NC3=C2C(=O)CC(c2ccccc2)C3)c1OC. The lowest BCUT2D eigenvalue weighted by Gasteiger charge is -2.37. The number of carbonyl (C=O) groups excluding carboxylic acids is 2. The van der Waals surface area contributed by atoms with Gasteiger partial charge in [-0.1, -0.05) is 42.5 Å². The number of Topliss-reactive ketones (excluding diaryl/α,β-unsaturated/α-hetero) is 1. The molecule has 2 atom stereocenters. The summed E-state index contributed by atoms with van der Waals surface area (Å²) in [7, 11) is 3.09. The number of hydrogen-bond acceptors (Lipinski definition) is 5. The molecule has 0 saturated carbocycles. The van der Waals surface area contributed by atoms with Crippen LogP contribution in [0.4, 0.5) is 10.1 Å². The van der Waals surface area contributed by atoms with Crippen LogP contribution in [-0.4, -0.2) is 25.9 Å². The molecular formula is C31H29FN2O4. The number of amides is 1. The largest absolute Gasteiger partial charge is 0.493 e. The van der Waals surface area contributed by atoms with Crippen LogP contribution < -0.4 is 20.1 Å². The maximum atomic E-state index is 13.9. The topological polar surface area (TPSA) is 76.7 Å².